The van der Waals surface area contributed by atoms with Crippen molar-refractivity contribution >= 4 is 29.2 Å². The Kier molecular flexibility index (Phi) is 7.83. The molecule has 2 fully saturated rings. The van der Waals surface area contributed by atoms with E-state index in [0.29, 0.717) is 55.8 Å². The Morgan fingerprint density at radius 1 is 1.18 bits per heavy atom. The Morgan fingerprint density at radius 2 is 2.02 bits per heavy atom. The number of nitrogens with one attached hydrogen (secondary N) is 1. The van der Waals surface area contributed by atoms with E-state index in [1.807, 2.05) is 18.2 Å². The zero-order valence-corrected chi connectivity index (χ0v) is 23.8. The number of fused-ring (bicyclic) bond motifs is 2. The summed E-state index contributed by atoms with van der Waals surface area (Å²) in [7, 11) is 0. The Hall–Kier alpha value is -2.59. The molecule has 3 N–H and O–H groups in total. The molecule has 2 saturated heterocycles. The van der Waals surface area contributed by atoms with Crippen molar-refractivity contribution in [2.24, 2.45) is 10.9 Å². The van der Waals surface area contributed by atoms with Crippen LogP contribution in [-0.4, -0.2) is 79.3 Å². The first kappa shape index (κ1) is 27.6. The van der Waals surface area contributed by atoms with E-state index in [2.05, 4.69) is 23.5 Å². The van der Waals surface area contributed by atoms with E-state index < -0.39 is 40.2 Å². The summed E-state index contributed by atoms with van der Waals surface area (Å²) >= 11 is -0.735. The molecule has 0 aromatic carbocycles. The second-order valence-corrected chi connectivity index (χ2v) is 13.2. The molecule has 3 aliphatic rings. The van der Waals surface area contributed by atoms with Gasteiger partial charge < -0.3 is 0 Å². The quantitative estimate of drug-likeness (QED) is 0.160. The molecule has 0 bridgehead atoms. The van der Waals surface area contributed by atoms with Gasteiger partial charge in [0.25, 0.3) is 0 Å². The van der Waals surface area contributed by atoms with Crippen LogP contribution in [0.4, 0.5) is 35.0 Å². The predicted molar refractivity (Wildman–Crippen MR) is 139 cm³/mol. The third kappa shape index (κ3) is 6.03. The number of hydrogen-bond acceptors (Lipinski definition) is 8. The number of piperidine rings is 1. The maximum atomic E-state index is 14.9. The van der Waals surface area contributed by atoms with Crippen molar-refractivity contribution in [1.82, 2.24) is 24.5 Å². The summed E-state index contributed by atoms with van der Waals surface area (Å²) in [6.07, 6.45) is -0.536. The van der Waals surface area contributed by atoms with Crippen molar-refractivity contribution in [3.8, 4) is 11.3 Å². The number of alkyl halides is 5. The van der Waals surface area contributed by atoms with Crippen molar-refractivity contribution in [1.29, 1.82) is 0 Å². The van der Waals surface area contributed by atoms with Gasteiger partial charge in [0.2, 0.25) is 0 Å². The number of rotatable bonds is 8. The van der Waals surface area contributed by atoms with Gasteiger partial charge in [0.1, 0.15) is 0 Å². The van der Waals surface area contributed by atoms with Crippen LogP contribution < -0.4 is 30.7 Å². The summed E-state index contributed by atoms with van der Waals surface area (Å²) in [5.41, 5.74) is 9.85. The monoisotopic (exact) mass is 673 g/mol. The molecule has 0 amide bonds. The Morgan fingerprint density at radius 3 is 2.77 bits per heavy atom. The van der Waals surface area contributed by atoms with Crippen molar-refractivity contribution in [2.45, 2.75) is 54.4 Å². The van der Waals surface area contributed by atoms with Crippen LogP contribution in [0.25, 0.3) is 16.8 Å². The van der Waals surface area contributed by atoms with Gasteiger partial charge in [0, 0.05) is 6.42 Å². The number of aromatic nitrogens is 4. The molecule has 14 heteroatoms. The molecular formula is C26H30F4IN8O-. The fourth-order valence-electron chi connectivity index (χ4n) is 5.35. The molecule has 216 valence electrons. The van der Waals surface area contributed by atoms with Gasteiger partial charge in [-0.1, -0.05) is 0 Å². The van der Waals surface area contributed by atoms with E-state index in [0.717, 1.165) is 29.9 Å². The molecule has 3 aliphatic heterocycles. The number of halogens is 5. The Bertz CT molecular complexity index is 1400. The predicted octanol–water partition coefficient (Wildman–Crippen LogP) is 1.21. The van der Waals surface area contributed by atoms with Crippen LogP contribution in [0.2, 0.25) is 0 Å². The fraction of sp³-hybridized carbons (Fsp3) is 0.538. The number of nitrogens with zero attached hydrogens (tertiary/aromatic N) is 6. The minimum atomic E-state index is -4.15. The first-order chi connectivity index (χ1) is 19.2. The van der Waals surface area contributed by atoms with Crippen LogP contribution >= 0.6 is 0 Å². The molecule has 9 nitrogen and oxygen atoms in total. The number of aliphatic imine (C=N–C) groups is 1. The molecule has 0 radical (unpaired) electrons. The van der Waals surface area contributed by atoms with Crippen LogP contribution in [0.1, 0.15) is 31.4 Å². The van der Waals surface area contributed by atoms with Gasteiger partial charge in [-0.25, -0.2) is 0 Å². The number of pyridine rings is 1. The number of hydrogen-bond donors (Lipinski definition) is 2. The van der Waals surface area contributed by atoms with E-state index in [9.17, 15) is 17.6 Å². The fourth-order valence-corrected chi connectivity index (χ4v) is 7.46. The van der Waals surface area contributed by atoms with Gasteiger partial charge in [-0.15, -0.1) is 0 Å². The van der Waals surface area contributed by atoms with Crippen LogP contribution in [0.5, 0.6) is 0 Å². The number of nitrogens with two attached hydrogens (primary N) is 1. The van der Waals surface area contributed by atoms with Crippen LogP contribution in [0.15, 0.2) is 29.4 Å². The third-order valence-corrected chi connectivity index (χ3v) is 10.6. The van der Waals surface area contributed by atoms with Crippen molar-refractivity contribution in [3.05, 3.63) is 30.1 Å². The number of nitrogen functional groups attached to an aromatic ring is 1. The molecular weight excluding hydrogens is 643 g/mol. The van der Waals surface area contributed by atoms with Crippen molar-refractivity contribution < 1.29 is 43.8 Å². The zero-order valence-electron chi connectivity index (χ0n) is 21.6. The summed E-state index contributed by atoms with van der Waals surface area (Å²) in [6.45, 7) is 2.70. The molecule has 6 heterocycles. The van der Waals surface area contributed by atoms with E-state index in [1.165, 1.54) is 0 Å². The minimum absolute atomic E-state index is 0.0311. The van der Waals surface area contributed by atoms with E-state index in [-0.39, 0.29) is 22.1 Å². The summed E-state index contributed by atoms with van der Waals surface area (Å²) in [5.74, 6) is 0.564. The molecule has 6 rings (SSSR count). The maximum absolute atomic E-state index is 14.9. The van der Waals surface area contributed by atoms with Gasteiger partial charge in [-0.2, -0.15) is 13.2 Å². The van der Waals surface area contributed by atoms with E-state index in [4.69, 9.17) is 15.5 Å². The molecule has 40 heavy (non-hydrogen) atoms. The summed E-state index contributed by atoms with van der Waals surface area (Å²) in [5, 5.41) is 4.56. The van der Waals surface area contributed by atoms with Crippen molar-refractivity contribution in [3.63, 3.8) is 0 Å². The third-order valence-electron chi connectivity index (χ3n) is 7.59. The first-order valence-electron chi connectivity index (χ1n) is 13.3. The molecule has 2 unspecified atom stereocenters. The Balaban J connectivity index is 1.12. The SMILES string of the molecule is Nc1nc(N[I-]C2CCN(C3COC3)C[C@@H]2F)nn2ccc(-c3ccc4c(n3)CC(CCCC(F)(F)F)C=N4)c12. The van der Waals surface area contributed by atoms with Gasteiger partial charge in [0.15, 0.2) is 0 Å². The van der Waals surface area contributed by atoms with E-state index in [1.54, 1.807) is 16.9 Å². The average molecular weight is 673 g/mol. The van der Waals surface area contributed by atoms with Gasteiger partial charge in [0.05, 0.1) is 0 Å². The average Bonchev–Trinajstić information content (AvgIpc) is 3.31. The normalized spacial score (nSPS) is 23.9. The van der Waals surface area contributed by atoms with Crippen LogP contribution in [-0.2, 0) is 11.2 Å². The van der Waals surface area contributed by atoms with E-state index >= 15 is 0 Å². The molecule has 0 spiro atoms. The molecule has 0 aliphatic carbocycles. The van der Waals surface area contributed by atoms with Gasteiger partial charge in [-0.05, 0) is 6.42 Å². The molecule has 3 aromatic heterocycles. The molecule has 3 atom stereocenters. The summed E-state index contributed by atoms with van der Waals surface area (Å²) in [4.78, 5) is 15.9. The molecule has 3 aromatic rings. The second kappa shape index (κ2) is 11.4. The van der Waals surface area contributed by atoms with Crippen LogP contribution in [0, 0.1) is 5.92 Å². The number of anilines is 2. The number of ether oxygens (including phenoxy) is 1. The van der Waals surface area contributed by atoms with Gasteiger partial charge >= 0.3 is 214 Å². The topological polar surface area (TPSA) is 106 Å². The summed E-state index contributed by atoms with van der Waals surface area (Å²) < 4.78 is 62.6. The summed E-state index contributed by atoms with van der Waals surface area (Å²) in [6, 6.07) is 5.91. The number of likely N-dealkylation sites (tertiary alicyclic amines) is 1. The molecule has 0 saturated carbocycles. The zero-order chi connectivity index (χ0) is 27.9. The van der Waals surface area contributed by atoms with Crippen LogP contribution in [0.3, 0.4) is 0 Å². The first-order valence-corrected chi connectivity index (χ1v) is 15.7. The Labute approximate surface area is 239 Å². The van der Waals surface area contributed by atoms with Gasteiger partial charge in [-0.3, -0.25) is 0 Å². The second-order valence-electron chi connectivity index (χ2n) is 10.5. The van der Waals surface area contributed by atoms with Crippen molar-refractivity contribution in [2.75, 3.05) is 35.6 Å². The standard InChI is InChI=1S/C26H30F4IN8O/c27-18-12-38(16-13-40-14-16)8-6-19(18)31-36-25-35-24(32)23-17(5-9-39(23)37-25)20-3-4-21-22(34-20)10-15(11-33-21)2-1-7-26(28,29)30/h3-5,9,11,15-16,18-19H,1-2,6-8,10,12-14H2,(H3,32,35,36,37)/q-1/t15?,18-,19?/m0/s1.